The van der Waals surface area contributed by atoms with Gasteiger partial charge in [0.1, 0.15) is 6.34 Å². The summed E-state index contributed by atoms with van der Waals surface area (Å²) in [6.07, 6.45) is 2.94. The van der Waals surface area contributed by atoms with Gasteiger partial charge in [-0.25, -0.2) is 10.3 Å². The van der Waals surface area contributed by atoms with Crippen LogP contribution in [0.4, 0.5) is 0 Å². The minimum Gasteiger partial charge on any atom is -0.390 e. The van der Waals surface area contributed by atoms with Crippen LogP contribution in [0.15, 0.2) is 16.9 Å². The molecule has 3 nitrogen and oxygen atoms in total. The fraction of sp³-hybridized carbons (Fsp3) is 0.250. The summed E-state index contributed by atoms with van der Waals surface area (Å²) in [5.41, 5.74) is 0.625. The molecule has 0 fully saturated rings. The van der Waals surface area contributed by atoms with Crippen LogP contribution in [-0.4, -0.2) is 18.1 Å². The summed E-state index contributed by atoms with van der Waals surface area (Å²) in [6.45, 7) is -0.0139. The van der Waals surface area contributed by atoms with Crippen LogP contribution >= 0.6 is 0 Å². The van der Waals surface area contributed by atoms with Gasteiger partial charge in [-0.1, -0.05) is 0 Å². The molecule has 1 N–H and O–H groups in total. The average Bonchev–Trinajstić information content (AvgIpc) is 2.14. The maximum atomic E-state index is 8.32. The van der Waals surface area contributed by atoms with Crippen molar-refractivity contribution in [3.8, 4) is 0 Å². The summed E-state index contributed by atoms with van der Waals surface area (Å²) in [4.78, 5) is 3.62. The number of nitrogens with zero attached hydrogens (tertiary/aromatic N) is 2. The second kappa shape index (κ2) is 1.75. The summed E-state index contributed by atoms with van der Waals surface area (Å²) >= 11 is 0. The van der Waals surface area contributed by atoms with Crippen molar-refractivity contribution in [1.82, 2.24) is 5.32 Å². The summed E-state index contributed by atoms with van der Waals surface area (Å²) in [6, 6.07) is 0. The fourth-order valence-electron chi connectivity index (χ4n) is 0.342. The molecule has 0 aromatic heterocycles. The standard InChI is InChI=1S/C4H5N2O/c7-2-4-1-5-3-6-4/h1,3,7H,2H2. The van der Waals surface area contributed by atoms with Gasteiger partial charge in [-0.15, -0.1) is 0 Å². The lowest BCUT2D eigenvalue weighted by Gasteiger charge is -1.86. The number of hydrogen-bond acceptors (Lipinski definition) is 2. The second-order valence-electron chi connectivity index (χ2n) is 1.17. The predicted molar refractivity (Wildman–Crippen MR) is 25.8 cm³/mol. The van der Waals surface area contributed by atoms with Crippen LogP contribution in [0.25, 0.3) is 0 Å². The molecule has 0 unspecified atom stereocenters. The topological polar surface area (TPSA) is 46.7 Å². The van der Waals surface area contributed by atoms with Crippen molar-refractivity contribution in [2.45, 2.75) is 0 Å². The van der Waals surface area contributed by atoms with Crippen LogP contribution in [0.2, 0.25) is 0 Å². The number of hydrogen-bond donors (Lipinski definition) is 1. The lowest BCUT2D eigenvalue weighted by molar-refractivity contribution is 0.326. The smallest absolute Gasteiger partial charge is 0.115 e. The lowest BCUT2D eigenvalue weighted by atomic mass is 10.5. The minimum atomic E-state index is -0.0139. The zero-order valence-corrected chi connectivity index (χ0v) is 3.70. The van der Waals surface area contributed by atoms with Crippen LogP contribution < -0.4 is 5.32 Å². The van der Waals surface area contributed by atoms with Crippen molar-refractivity contribution in [1.29, 1.82) is 0 Å². The maximum absolute atomic E-state index is 8.32. The van der Waals surface area contributed by atoms with E-state index >= 15 is 0 Å². The van der Waals surface area contributed by atoms with Crippen LogP contribution in [0.1, 0.15) is 0 Å². The first-order valence-corrected chi connectivity index (χ1v) is 1.96. The van der Waals surface area contributed by atoms with Gasteiger partial charge in [0.05, 0.1) is 18.5 Å². The molecule has 0 aromatic rings. The molecule has 0 amide bonds. The summed E-state index contributed by atoms with van der Waals surface area (Å²) < 4.78 is 0. The van der Waals surface area contributed by atoms with Gasteiger partial charge < -0.3 is 5.11 Å². The highest BCUT2D eigenvalue weighted by molar-refractivity contribution is 5.61. The monoisotopic (exact) mass is 97.0 g/mol. The van der Waals surface area contributed by atoms with Crippen molar-refractivity contribution in [3.63, 3.8) is 0 Å². The normalized spacial score (nSPS) is 16.4. The first kappa shape index (κ1) is 4.33. The number of rotatable bonds is 1. The molecule has 1 heterocycles. The average molecular weight is 97.1 g/mol. The Bertz CT molecular complexity index is 117. The van der Waals surface area contributed by atoms with Gasteiger partial charge in [0, 0.05) is 0 Å². The Balaban J connectivity index is 2.45. The molecule has 0 saturated heterocycles. The Morgan fingerprint density at radius 2 is 2.57 bits per heavy atom. The molecular formula is C4H5N2O. The SMILES string of the molecule is OCC1=CN=C[N]1. The van der Waals surface area contributed by atoms with E-state index in [0.29, 0.717) is 5.70 Å². The highest BCUT2D eigenvalue weighted by Crippen LogP contribution is 1.92. The first-order valence-electron chi connectivity index (χ1n) is 1.96. The van der Waals surface area contributed by atoms with E-state index in [2.05, 4.69) is 10.3 Å². The quantitative estimate of drug-likeness (QED) is 0.469. The first-order chi connectivity index (χ1) is 3.43. The number of aliphatic imine (C=N–C) groups is 1. The van der Waals surface area contributed by atoms with E-state index in [0.717, 1.165) is 0 Å². The molecular weight excluding hydrogens is 92.1 g/mol. The van der Waals surface area contributed by atoms with E-state index in [9.17, 15) is 0 Å². The largest absolute Gasteiger partial charge is 0.390 e. The van der Waals surface area contributed by atoms with Crippen molar-refractivity contribution >= 4 is 6.34 Å². The van der Waals surface area contributed by atoms with Gasteiger partial charge in [0.15, 0.2) is 0 Å². The van der Waals surface area contributed by atoms with Gasteiger partial charge in [0.25, 0.3) is 0 Å². The third-order valence-corrected chi connectivity index (χ3v) is 0.676. The van der Waals surface area contributed by atoms with Crippen molar-refractivity contribution in [2.24, 2.45) is 4.99 Å². The molecule has 0 saturated carbocycles. The van der Waals surface area contributed by atoms with E-state index in [4.69, 9.17) is 5.11 Å². The number of aliphatic hydroxyl groups is 1. The van der Waals surface area contributed by atoms with Crippen LogP contribution in [0.3, 0.4) is 0 Å². The number of aliphatic hydroxyl groups excluding tert-OH is 1. The lowest BCUT2D eigenvalue weighted by Crippen LogP contribution is -1.99. The highest BCUT2D eigenvalue weighted by Gasteiger charge is 1.95. The molecule has 0 aliphatic carbocycles. The Morgan fingerprint density at radius 1 is 1.71 bits per heavy atom. The Morgan fingerprint density at radius 3 is 2.86 bits per heavy atom. The van der Waals surface area contributed by atoms with Crippen molar-refractivity contribution in [2.75, 3.05) is 6.61 Å². The Kier molecular flexibility index (Phi) is 1.08. The minimum absolute atomic E-state index is 0.0139. The molecule has 1 radical (unpaired) electrons. The van der Waals surface area contributed by atoms with E-state index in [1.54, 1.807) is 0 Å². The summed E-state index contributed by atoms with van der Waals surface area (Å²) in [5.74, 6) is 0. The second-order valence-corrected chi connectivity index (χ2v) is 1.17. The molecule has 1 rings (SSSR count). The van der Waals surface area contributed by atoms with E-state index in [1.807, 2.05) is 0 Å². The maximum Gasteiger partial charge on any atom is 0.115 e. The van der Waals surface area contributed by atoms with Gasteiger partial charge >= 0.3 is 0 Å². The fourth-order valence-corrected chi connectivity index (χ4v) is 0.342. The molecule has 0 atom stereocenters. The molecule has 3 heteroatoms. The highest BCUT2D eigenvalue weighted by atomic mass is 16.3. The molecule has 0 spiro atoms. The van der Waals surface area contributed by atoms with Gasteiger partial charge in [-0.2, -0.15) is 0 Å². The molecule has 0 aromatic carbocycles. The van der Waals surface area contributed by atoms with E-state index in [1.165, 1.54) is 12.5 Å². The Labute approximate surface area is 41.4 Å². The van der Waals surface area contributed by atoms with Crippen molar-refractivity contribution in [3.05, 3.63) is 11.9 Å². The van der Waals surface area contributed by atoms with Crippen molar-refractivity contribution < 1.29 is 5.11 Å². The third kappa shape index (κ3) is 0.778. The zero-order valence-electron chi connectivity index (χ0n) is 3.70. The predicted octanol–water partition coefficient (Wildman–Crippen LogP) is -0.534. The third-order valence-electron chi connectivity index (χ3n) is 0.676. The van der Waals surface area contributed by atoms with Crippen LogP contribution in [0.5, 0.6) is 0 Å². The zero-order chi connectivity index (χ0) is 5.11. The van der Waals surface area contributed by atoms with Gasteiger partial charge in [0.2, 0.25) is 0 Å². The van der Waals surface area contributed by atoms with Crippen LogP contribution in [-0.2, 0) is 0 Å². The Hall–Kier alpha value is -0.830. The molecule has 1 aliphatic heterocycles. The van der Waals surface area contributed by atoms with Gasteiger partial charge in [-0.3, -0.25) is 0 Å². The molecule has 1 aliphatic rings. The molecule has 7 heavy (non-hydrogen) atoms. The molecule has 0 bridgehead atoms. The summed E-state index contributed by atoms with van der Waals surface area (Å²) in [7, 11) is 0. The molecule has 37 valence electrons. The van der Waals surface area contributed by atoms with E-state index in [-0.39, 0.29) is 6.61 Å². The van der Waals surface area contributed by atoms with Gasteiger partial charge in [-0.05, 0) is 0 Å². The van der Waals surface area contributed by atoms with Crippen LogP contribution in [0, 0.1) is 0 Å². The summed E-state index contributed by atoms with van der Waals surface area (Å²) in [5, 5.41) is 12.0. The van der Waals surface area contributed by atoms with E-state index < -0.39 is 0 Å².